The minimum Gasteiger partial charge on any atom is -0.393 e. The molecular weight excluding hydrogens is 200 g/mol. The molecule has 1 aromatic rings. The second kappa shape index (κ2) is 4.15. The van der Waals surface area contributed by atoms with Gasteiger partial charge in [-0.3, -0.25) is 4.98 Å². The third-order valence-corrected chi connectivity index (χ3v) is 4.04. The molecule has 2 heterocycles. The molecule has 0 radical (unpaired) electrons. The normalized spacial score (nSPS) is 37.6. The molecule has 1 saturated heterocycles. The Morgan fingerprint density at radius 3 is 3.12 bits per heavy atom. The highest BCUT2D eigenvalue weighted by molar-refractivity contribution is 5.08. The Labute approximate surface area is 95.9 Å². The summed E-state index contributed by atoms with van der Waals surface area (Å²) in [5.41, 5.74) is 1.15. The fourth-order valence-corrected chi connectivity index (χ4v) is 3.28. The van der Waals surface area contributed by atoms with E-state index in [1.807, 2.05) is 18.3 Å². The summed E-state index contributed by atoms with van der Waals surface area (Å²) >= 11 is 0. The van der Waals surface area contributed by atoms with Crippen LogP contribution in [0, 0.1) is 11.8 Å². The third-order valence-electron chi connectivity index (χ3n) is 4.04. The molecule has 1 aliphatic carbocycles. The third kappa shape index (κ3) is 1.85. The number of aromatic nitrogens is 1. The molecule has 0 bridgehead atoms. The average molecular weight is 218 g/mol. The lowest BCUT2D eigenvalue weighted by Gasteiger charge is -2.17. The van der Waals surface area contributed by atoms with Gasteiger partial charge in [-0.05, 0) is 43.4 Å². The summed E-state index contributed by atoms with van der Waals surface area (Å²) in [5.74, 6) is 1.33. The van der Waals surface area contributed by atoms with Crippen LogP contribution in [0.25, 0.3) is 0 Å². The van der Waals surface area contributed by atoms with Gasteiger partial charge in [-0.2, -0.15) is 0 Å². The maximum atomic E-state index is 9.68. The van der Waals surface area contributed by atoms with Gasteiger partial charge in [0.2, 0.25) is 0 Å². The predicted octanol–water partition coefficient (Wildman–Crippen LogP) is 0.983. The predicted molar refractivity (Wildman–Crippen MR) is 62.0 cm³/mol. The maximum Gasteiger partial charge on any atom is 0.0546 e. The molecule has 86 valence electrons. The quantitative estimate of drug-likeness (QED) is 0.778. The first kappa shape index (κ1) is 10.2. The molecule has 2 N–H and O–H groups in total. The second-order valence-corrected chi connectivity index (χ2v) is 5.09. The highest BCUT2D eigenvalue weighted by atomic mass is 16.3. The van der Waals surface area contributed by atoms with E-state index in [-0.39, 0.29) is 6.10 Å². The number of pyridine rings is 1. The molecule has 4 unspecified atom stereocenters. The molecular formula is C13H18N2O. The van der Waals surface area contributed by atoms with Gasteiger partial charge in [0.25, 0.3) is 0 Å². The van der Waals surface area contributed by atoms with Gasteiger partial charge in [-0.25, -0.2) is 0 Å². The Hall–Kier alpha value is -0.930. The van der Waals surface area contributed by atoms with E-state index in [0.717, 1.165) is 31.5 Å². The van der Waals surface area contributed by atoms with Gasteiger partial charge < -0.3 is 10.4 Å². The number of nitrogens with one attached hydrogen (secondary N) is 1. The highest BCUT2D eigenvalue weighted by Gasteiger charge is 2.42. The van der Waals surface area contributed by atoms with Gasteiger partial charge in [0.15, 0.2) is 0 Å². The van der Waals surface area contributed by atoms with Crippen LogP contribution in [0.1, 0.15) is 18.5 Å². The van der Waals surface area contributed by atoms with E-state index in [0.29, 0.717) is 17.9 Å². The summed E-state index contributed by atoms with van der Waals surface area (Å²) in [5, 5.41) is 13.3. The number of hydrogen-bond acceptors (Lipinski definition) is 3. The van der Waals surface area contributed by atoms with Crippen LogP contribution in [0.2, 0.25) is 0 Å². The van der Waals surface area contributed by atoms with Crippen LogP contribution in [-0.2, 0) is 6.42 Å². The van der Waals surface area contributed by atoms with E-state index in [2.05, 4.69) is 16.4 Å². The van der Waals surface area contributed by atoms with Gasteiger partial charge in [0, 0.05) is 24.4 Å². The molecule has 1 saturated carbocycles. The zero-order valence-corrected chi connectivity index (χ0v) is 9.34. The molecule has 3 nitrogen and oxygen atoms in total. The first-order valence-electron chi connectivity index (χ1n) is 6.14. The first-order valence-corrected chi connectivity index (χ1v) is 6.14. The van der Waals surface area contributed by atoms with Crippen molar-refractivity contribution in [3.8, 4) is 0 Å². The summed E-state index contributed by atoms with van der Waals surface area (Å²) in [6.07, 6.45) is 4.73. The van der Waals surface area contributed by atoms with Gasteiger partial charge in [-0.1, -0.05) is 6.07 Å². The first-order chi connectivity index (χ1) is 7.83. The van der Waals surface area contributed by atoms with Crippen LogP contribution < -0.4 is 5.32 Å². The molecule has 0 aromatic carbocycles. The Bertz CT molecular complexity index is 354. The van der Waals surface area contributed by atoms with E-state index in [1.165, 1.54) is 0 Å². The van der Waals surface area contributed by atoms with Crippen molar-refractivity contribution in [2.75, 3.05) is 6.54 Å². The Morgan fingerprint density at radius 1 is 1.38 bits per heavy atom. The fourth-order valence-electron chi connectivity index (χ4n) is 3.28. The smallest absolute Gasteiger partial charge is 0.0546 e. The van der Waals surface area contributed by atoms with Gasteiger partial charge in [0.1, 0.15) is 0 Å². The Morgan fingerprint density at radius 2 is 2.31 bits per heavy atom. The van der Waals surface area contributed by atoms with E-state index in [4.69, 9.17) is 0 Å². The van der Waals surface area contributed by atoms with E-state index < -0.39 is 0 Å². The number of aliphatic hydroxyl groups excluding tert-OH is 1. The molecule has 1 aliphatic heterocycles. The lowest BCUT2D eigenvalue weighted by Crippen LogP contribution is -2.30. The van der Waals surface area contributed by atoms with Crippen molar-refractivity contribution in [1.29, 1.82) is 0 Å². The van der Waals surface area contributed by atoms with Crippen LogP contribution in [0.5, 0.6) is 0 Å². The standard InChI is InChI=1S/C13H18N2O/c16-11-5-9-8-15-13(12(9)7-11)6-10-3-1-2-4-14-10/h1-4,9,11-13,15-16H,5-8H2. The van der Waals surface area contributed by atoms with Gasteiger partial charge in [0.05, 0.1) is 6.10 Å². The van der Waals surface area contributed by atoms with Crippen LogP contribution >= 0.6 is 0 Å². The van der Waals surface area contributed by atoms with E-state index in [9.17, 15) is 5.11 Å². The monoisotopic (exact) mass is 218 g/mol. The van der Waals surface area contributed by atoms with Gasteiger partial charge in [-0.15, -0.1) is 0 Å². The number of hydrogen-bond donors (Lipinski definition) is 2. The van der Waals surface area contributed by atoms with Crippen LogP contribution in [0.15, 0.2) is 24.4 Å². The SMILES string of the molecule is OC1CC2CNC(Cc3ccccn3)C2C1. The van der Waals surface area contributed by atoms with Crippen molar-refractivity contribution in [3.63, 3.8) is 0 Å². The van der Waals surface area contributed by atoms with Crippen molar-refractivity contribution in [2.45, 2.75) is 31.4 Å². The van der Waals surface area contributed by atoms with Gasteiger partial charge >= 0.3 is 0 Å². The average Bonchev–Trinajstić information content (AvgIpc) is 2.81. The summed E-state index contributed by atoms with van der Waals surface area (Å²) < 4.78 is 0. The van der Waals surface area contributed by atoms with Crippen LogP contribution in [-0.4, -0.2) is 28.8 Å². The summed E-state index contributed by atoms with van der Waals surface area (Å²) in [6, 6.07) is 6.59. The van der Waals surface area contributed by atoms with Crippen molar-refractivity contribution in [2.24, 2.45) is 11.8 Å². The minimum absolute atomic E-state index is 0.0664. The number of nitrogens with zero attached hydrogens (tertiary/aromatic N) is 1. The summed E-state index contributed by atoms with van der Waals surface area (Å²) in [4.78, 5) is 4.37. The molecule has 1 aromatic heterocycles. The molecule has 3 rings (SSSR count). The zero-order valence-electron chi connectivity index (χ0n) is 9.34. The summed E-state index contributed by atoms with van der Waals surface area (Å²) in [7, 11) is 0. The topological polar surface area (TPSA) is 45.1 Å². The number of aliphatic hydroxyl groups is 1. The van der Waals surface area contributed by atoms with Crippen molar-refractivity contribution < 1.29 is 5.11 Å². The van der Waals surface area contributed by atoms with Crippen molar-refractivity contribution in [1.82, 2.24) is 10.3 Å². The van der Waals surface area contributed by atoms with Crippen LogP contribution in [0.4, 0.5) is 0 Å². The number of fused-ring (bicyclic) bond motifs is 1. The Balaban J connectivity index is 1.68. The Kier molecular flexibility index (Phi) is 2.65. The maximum absolute atomic E-state index is 9.68. The largest absolute Gasteiger partial charge is 0.393 e. The molecule has 2 aliphatic rings. The van der Waals surface area contributed by atoms with Crippen molar-refractivity contribution >= 4 is 0 Å². The van der Waals surface area contributed by atoms with Crippen molar-refractivity contribution in [3.05, 3.63) is 30.1 Å². The molecule has 3 heteroatoms. The molecule has 2 fully saturated rings. The molecule has 16 heavy (non-hydrogen) atoms. The highest BCUT2D eigenvalue weighted by Crippen LogP contribution is 2.38. The molecule has 0 amide bonds. The number of rotatable bonds is 2. The van der Waals surface area contributed by atoms with E-state index in [1.54, 1.807) is 0 Å². The lowest BCUT2D eigenvalue weighted by atomic mass is 9.91. The second-order valence-electron chi connectivity index (χ2n) is 5.09. The minimum atomic E-state index is -0.0664. The lowest BCUT2D eigenvalue weighted by molar-refractivity contribution is 0.169. The zero-order chi connectivity index (χ0) is 11.0. The van der Waals surface area contributed by atoms with E-state index >= 15 is 0 Å². The summed E-state index contributed by atoms with van der Waals surface area (Å²) in [6.45, 7) is 1.07. The molecule has 4 atom stereocenters. The molecule has 0 spiro atoms. The fraction of sp³-hybridized carbons (Fsp3) is 0.615. The van der Waals surface area contributed by atoms with Crippen LogP contribution in [0.3, 0.4) is 0 Å².